The number of guanidine groups is 1. The molecule has 0 aliphatic carbocycles. The second kappa shape index (κ2) is 14.2. The Morgan fingerprint density at radius 1 is 0.972 bits per heavy atom. The quantitative estimate of drug-likeness (QED) is 0.177. The number of aliphatic imine (C=N–C) groups is 1. The number of hydrogen-bond donors (Lipinski definition) is 2. The Labute approximate surface area is 213 Å². The van der Waals surface area contributed by atoms with Gasteiger partial charge >= 0.3 is 0 Å². The molecule has 0 aliphatic heterocycles. The average molecular weight is 484 g/mol. The van der Waals surface area contributed by atoms with Crippen LogP contribution in [0.4, 0.5) is 5.69 Å². The number of rotatable bonds is 12. The first-order chi connectivity index (χ1) is 17.6. The molecule has 186 valence electrons. The molecule has 0 aliphatic rings. The maximum Gasteiger partial charge on any atom is 0.232 e. The van der Waals surface area contributed by atoms with Crippen molar-refractivity contribution in [2.24, 2.45) is 10.7 Å². The molecule has 1 heterocycles. The van der Waals surface area contributed by atoms with Gasteiger partial charge in [-0.1, -0.05) is 60.7 Å². The molecule has 1 amide bonds. The monoisotopic (exact) mass is 483 g/mol. The van der Waals surface area contributed by atoms with Crippen molar-refractivity contribution in [2.75, 3.05) is 38.1 Å². The highest BCUT2D eigenvalue weighted by Crippen LogP contribution is 2.24. The van der Waals surface area contributed by atoms with Crippen molar-refractivity contribution in [1.82, 2.24) is 15.2 Å². The van der Waals surface area contributed by atoms with E-state index in [2.05, 4.69) is 27.2 Å². The number of benzene rings is 2. The molecule has 8 heteroatoms. The molecule has 0 bridgehead atoms. The zero-order valence-corrected chi connectivity index (χ0v) is 20.6. The van der Waals surface area contributed by atoms with E-state index in [-0.39, 0.29) is 17.8 Å². The smallest absolute Gasteiger partial charge is 0.232 e. The van der Waals surface area contributed by atoms with E-state index in [0.717, 1.165) is 42.7 Å². The number of nitriles is 1. The van der Waals surface area contributed by atoms with E-state index >= 15 is 0 Å². The van der Waals surface area contributed by atoms with Gasteiger partial charge in [-0.3, -0.25) is 9.78 Å². The Morgan fingerprint density at radius 3 is 2.14 bits per heavy atom. The molecular formula is C28H33N7O. The molecule has 3 N–H and O–H groups in total. The lowest BCUT2D eigenvalue weighted by Crippen LogP contribution is -2.39. The van der Waals surface area contributed by atoms with Crippen LogP contribution in [0.1, 0.15) is 29.9 Å². The van der Waals surface area contributed by atoms with Crippen LogP contribution >= 0.6 is 0 Å². The molecule has 3 aromatic rings. The number of amides is 1. The van der Waals surface area contributed by atoms with Crippen molar-refractivity contribution < 1.29 is 4.79 Å². The van der Waals surface area contributed by atoms with Crippen molar-refractivity contribution in [3.8, 4) is 6.19 Å². The Hall–Kier alpha value is -4.22. The van der Waals surface area contributed by atoms with E-state index in [1.165, 1.54) is 0 Å². The van der Waals surface area contributed by atoms with E-state index < -0.39 is 0 Å². The summed E-state index contributed by atoms with van der Waals surface area (Å²) in [6.07, 6.45) is 6.78. The summed E-state index contributed by atoms with van der Waals surface area (Å²) in [7, 11) is 2.06. The second-order valence-electron chi connectivity index (χ2n) is 8.48. The topological polar surface area (TPSA) is 111 Å². The van der Waals surface area contributed by atoms with Gasteiger partial charge < -0.3 is 20.9 Å². The van der Waals surface area contributed by atoms with Gasteiger partial charge in [-0.15, -0.1) is 4.99 Å². The van der Waals surface area contributed by atoms with Gasteiger partial charge in [-0.25, -0.2) is 0 Å². The predicted octanol–water partition coefficient (Wildman–Crippen LogP) is 3.34. The largest absolute Gasteiger partial charge is 0.369 e. The number of carbonyl (C=O) groups is 1. The zero-order valence-electron chi connectivity index (χ0n) is 20.6. The Balaban J connectivity index is 1.45. The number of pyridine rings is 1. The fourth-order valence-electron chi connectivity index (χ4n) is 4.07. The number of nitrogens with two attached hydrogens (primary N) is 1. The van der Waals surface area contributed by atoms with Crippen molar-refractivity contribution in [1.29, 1.82) is 5.26 Å². The third kappa shape index (κ3) is 7.93. The minimum absolute atomic E-state index is 0.00954. The Kier molecular flexibility index (Phi) is 10.4. The maximum atomic E-state index is 13.1. The van der Waals surface area contributed by atoms with Crippen LogP contribution in [0, 0.1) is 11.5 Å². The number of anilines is 1. The fraction of sp³-hybridized carbons (Fsp3) is 0.286. The van der Waals surface area contributed by atoms with Crippen molar-refractivity contribution in [2.45, 2.75) is 18.8 Å². The number of carbonyl (C=O) groups excluding carboxylic acids is 1. The summed E-state index contributed by atoms with van der Waals surface area (Å²) < 4.78 is 0. The molecule has 0 spiro atoms. The predicted molar refractivity (Wildman–Crippen MR) is 143 cm³/mol. The summed E-state index contributed by atoms with van der Waals surface area (Å²) in [5, 5.41) is 12.0. The SMILES string of the molecule is CN(CCCNC(=O)C(c1ccccc1)c1ccccc1)CCCN(C(N)=NC#N)c1ccncc1. The summed E-state index contributed by atoms with van der Waals surface area (Å²) >= 11 is 0. The zero-order chi connectivity index (χ0) is 25.6. The summed E-state index contributed by atoms with van der Waals surface area (Å²) in [6, 6.07) is 23.4. The minimum atomic E-state index is -0.329. The number of aromatic nitrogens is 1. The van der Waals surface area contributed by atoms with Gasteiger partial charge in [0.15, 0.2) is 0 Å². The number of nitrogens with one attached hydrogen (secondary N) is 1. The van der Waals surface area contributed by atoms with Crippen LogP contribution in [-0.2, 0) is 4.79 Å². The highest BCUT2D eigenvalue weighted by Gasteiger charge is 2.22. The minimum Gasteiger partial charge on any atom is -0.369 e. The van der Waals surface area contributed by atoms with Crippen molar-refractivity contribution in [3.63, 3.8) is 0 Å². The summed E-state index contributed by atoms with van der Waals surface area (Å²) in [6.45, 7) is 2.91. The standard InChI is InChI=1S/C28H33N7O/c1-34(20-9-21-35(28(30)33-22-29)25-14-17-31-18-15-25)19-8-16-32-27(36)26(23-10-4-2-5-11-23)24-12-6-3-7-13-24/h2-7,10-15,17-18,26H,8-9,16,19-21H2,1H3,(H2,30,33)(H,32,36). The lowest BCUT2D eigenvalue weighted by molar-refractivity contribution is -0.121. The van der Waals surface area contributed by atoms with Crippen LogP contribution in [0.3, 0.4) is 0 Å². The van der Waals surface area contributed by atoms with Crippen LogP contribution in [-0.4, -0.2) is 55.0 Å². The fourth-order valence-corrected chi connectivity index (χ4v) is 4.07. The van der Waals surface area contributed by atoms with E-state index in [1.807, 2.05) is 77.7 Å². The summed E-state index contributed by atoms with van der Waals surface area (Å²) in [5.74, 6) is -0.152. The van der Waals surface area contributed by atoms with E-state index in [4.69, 9.17) is 11.0 Å². The number of nitrogens with zero attached hydrogens (tertiary/aromatic N) is 5. The third-order valence-corrected chi connectivity index (χ3v) is 5.88. The first-order valence-electron chi connectivity index (χ1n) is 12.1. The van der Waals surface area contributed by atoms with E-state index in [9.17, 15) is 4.79 Å². The lowest BCUT2D eigenvalue weighted by Gasteiger charge is -2.24. The third-order valence-electron chi connectivity index (χ3n) is 5.88. The second-order valence-corrected chi connectivity index (χ2v) is 8.48. The van der Waals surface area contributed by atoms with Gasteiger partial charge in [-0.05, 0) is 56.2 Å². The van der Waals surface area contributed by atoms with Crippen molar-refractivity contribution in [3.05, 3.63) is 96.3 Å². The van der Waals surface area contributed by atoms with Crippen molar-refractivity contribution >= 4 is 17.6 Å². The molecule has 0 saturated heterocycles. The van der Waals surface area contributed by atoms with Gasteiger partial charge in [-0.2, -0.15) is 5.26 Å². The molecule has 0 saturated carbocycles. The molecule has 1 aromatic heterocycles. The van der Waals surface area contributed by atoms with Crippen LogP contribution < -0.4 is 16.0 Å². The number of hydrogen-bond acceptors (Lipinski definition) is 5. The van der Waals surface area contributed by atoms with E-state index in [0.29, 0.717) is 13.1 Å². The van der Waals surface area contributed by atoms with Gasteiger partial charge in [0.05, 0.1) is 5.92 Å². The van der Waals surface area contributed by atoms with Gasteiger partial charge in [0.25, 0.3) is 0 Å². The van der Waals surface area contributed by atoms with Gasteiger partial charge in [0.2, 0.25) is 18.1 Å². The molecule has 0 radical (unpaired) electrons. The molecule has 3 rings (SSSR count). The summed E-state index contributed by atoms with van der Waals surface area (Å²) in [5.41, 5.74) is 8.80. The highest BCUT2D eigenvalue weighted by atomic mass is 16.1. The first kappa shape index (κ1) is 26.4. The molecule has 0 atom stereocenters. The van der Waals surface area contributed by atoms with Gasteiger partial charge in [0, 0.05) is 31.2 Å². The van der Waals surface area contributed by atoms with Crippen LogP contribution in [0.25, 0.3) is 0 Å². The Bertz CT molecular complexity index is 1090. The average Bonchev–Trinajstić information content (AvgIpc) is 2.91. The molecule has 0 unspecified atom stereocenters. The molecule has 8 nitrogen and oxygen atoms in total. The van der Waals surface area contributed by atoms with Crippen LogP contribution in [0.2, 0.25) is 0 Å². The van der Waals surface area contributed by atoms with Gasteiger partial charge in [0.1, 0.15) is 0 Å². The van der Waals surface area contributed by atoms with Crippen LogP contribution in [0.15, 0.2) is 90.2 Å². The molecular weight excluding hydrogens is 450 g/mol. The molecule has 0 fully saturated rings. The van der Waals surface area contributed by atoms with E-state index in [1.54, 1.807) is 18.6 Å². The van der Waals surface area contributed by atoms with Crippen LogP contribution in [0.5, 0.6) is 0 Å². The summed E-state index contributed by atoms with van der Waals surface area (Å²) in [4.78, 5) is 24.9. The Morgan fingerprint density at radius 2 is 1.56 bits per heavy atom. The normalized spacial score (nSPS) is 11.3. The highest BCUT2D eigenvalue weighted by molar-refractivity contribution is 5.95. The maximum absolute atomic E-state index is 13.1. The molecule has 2 aromatic carbocycles. The molecule has 36 heavy (non-hydrogen) atoms. The lowest BCUT2D eigenvalue weighted by atomic mass is 9.90. The first-order valence-corrected chi connectivity index (χ1v) is 12.1.